The molecule has 0 atom stereocenters. The quantitative estimate of drug-likeness (QED) is 0.782. The molecule has 3 rings (SSSR count). The zero-order chi connectivity index (χ0) is 17.6. The maximum atomic E-state index is 12.1. The van der Waals surface area contributed by atoms with Crippen LogP contribution in [0.1, 0.15) is 17.5 Å². The van der Waals surface area contributed by atoms with Crippen molar-refractivity contribution in [1.82, 2.24) is 4.90 Å². The van der Waals surface area contributed by atoms with Gasteiger partial charge in [-0.2, -0.15) is 0 Å². The Morgan fingerprint density at radius 3 is 2.68 bits per heavy atom. The van der Waals surface area contributed by atoms with Crippen LogP contribution < -0.4 is 9.47 Å². The van der Waals surface area contributed by atoms with Gasteiger partial charge in [-0.05, 0) is 36.4 Å². The molecule has 4 heteroatoms. The number of benzene rings is 2. The number of ketones is 1. The number of likely N-dealkylation sites (tertiary alicyclic amines) is 1. The van der Waals surface area contributed by atoms with E-state index < -0.39 is 0 Å². The number of hydrogen-bond donors (Lipinski definition) is 0. The van der Waals surface area contributed by atoms with Crippen LogP contribution in [0.25, 0.3) is 6.08 Å². The predicted octanol–water partition coefficient (Wildman–Crippen LogP) is 3.56. The minimum Gasteiger partial charge on any atom is -0.493 e. The van der Waals surface area contributed by atoms with Crippen molar-refractivity contribution in [3.05, 3.63) is 65.2 Å². The highest BCUT2D eigenvalue weighted by Gasteiger charge is 2.18. The Morgan fingerprint density at radius 2 is 1.92 bits per heavy atom. The number of carbonyl (C=O) groups excluding carboxylic acids is 1. The fraction of sp³-hybridized carbons (Fsp3) is 0.286. The van der Waals surface area contributed by atoms with E-state index >= 15 is 0 Å². The minimum absolute atomic E-state index is 0.224. The third-order valence-electron chi connectivity index (χ3n) is 4.28. The van der Waals surface area contributed by atoms with Crippen molar-refractivity contribution in [2.45, 2.75) is 13.0 Å². The van der Waals surface area contributed by atoms with Gasteiger partial charge in [0.05, 0.1) is 7.11 Å². The highest BCUT2D eigenvalue weighted by atomic mass is 16.5. The molecule has 0 radical (unpaired) electrons. The Kier molecular flexibility index (Phi) is 5.51. The summed E-state index contributed by atoms with van der Waals surface area (Å²) in [6.07, 6.45) is 2.53. The number of methoxy groups -OCH3 is 1. The van der Waals surface area contributed by atoms with E-state index in [4.69, 9.17) is 9.47 Å². The van der Waals surface area contributed by atoms with E-state index in [1.807, 2.05) is 61.7 Å². The van der Waals surface area contributed by atoms with Crippen LogP contribution in [0.3, 0.4) is 0 Å². The summed E-state index contributed by atoms with van der Waals surface area (Å²) in [4.78, 5) is 14.2. The fourth-order valence-corrected chi connectivity index (χ4v) is 2.87. The van der Waals surface area contributed by atoms with Crippen LogP contribution >= 0.6 is 0 Å². The monoisotopic (exact) mass is 337 g/mol. The molecule has 4 nitrogen and oxygen atoms in total. The molecular weight excluding hydrogens is 314 g/mol. The Hall–Kier alpha value is -2.59. The van der Waals surface area contributed by atoms with Gasteiger partial charge in [0.2, 0.25) is 0 Å². The third kappa shape index (κ3) is 4.48. The molecule has 2 aromatic rings. The van der Waals surface area contributed by atoms with Crippen molar-refractivity contribution in [2.24, 2.45) is 0 Å². The van der Waals surface area contributed by atoms with E-state index in [1.54, 1.807) is 7.11 Å². The molecule has 1 aliphatic heterocycles. The zero-order valence-electron chi connectivity index (χ0n) is 14.7. The molecule has 0 spiro atoms. The van der Waals surface area contributed by atoms with E-state index in [1.165, 1.54) is 0 Å². The Bertz CT molecular complexity index is 768. The summed E-state index contributed by atoms with van der Waals surface area (Å²) in [6.45, 7) is 2.00. The molecule has 1 saturated heterocycles. The second-order valence-electron chi connectivity index (χ2n) is 6.27. The molecule has 0 unspecified atom stereocenters. The highest BCUT2D eigenvalue weighted by Crippen LogP contribution is 2.30. The molecule has 0 amide bonds. The molecule has 0 aromatic heterocycles. The number of ether oxygens (including phenoxy) is 2. The lowest BCUT2D eigenvalue weighted by atomic mass is 10.0. The van der Waals surface area contributed by atoms with Gasteiger partial charge in [0.1, 0.15) is 6.61 Å². The Labute approximate surface area is 148 Å². The zero-order valence-corrected chi connectivity index (χ0v) is 14.7. The summed E-state index contributed by atoms with van der Waals surface area (Å²) in [7, 11) is 3.66. The van der Waals surface area contributed by atoms with Gasteiger partial charge in [0.25, 0.3) is 0 Å². The van der Waals surface area contributed by atoms with Crippen molar-refractivity contribution in [2.75, 3.05) is 27.2 Å². The molecule has 2 aromatic carbocycles. The van der Waals surface area contributed by atoms with Crippen molar-refractivity contribution in [3.63, 3.8) is 0 Å². The van der Waals surface area contributed by atoms with Gasteiger partial charge >= 0.3 is 0 Å². The van der Waals surface area contributed by atoms with Crippen molar-refractivity contribution in [3.8, 4) is 11.5 Å². The average molecular weight is 337 g/mol. The molecular formula is C21H23NO3. The lowest BCUT2D eigenvalue weighted by molar-refractivity contribution is -0.117. The largest absolute Gasteiger partial charge is 0.493 e. The van der Waals surface area contributed by atoms with Crippen LogP contribution in [0, 0.1) is 0 Å². The second kappa shape index (κ2) is 7.99. The van der Waals surface area contributed by atoms with Crippen LogP contribution in [0.4, 0.5) is 0 Å². The fourth-order valence-electron chi connectivity index (χ4n) is 2.87. The standard InChI is InChI=1S/C21H23NO3/c1-22-11-10-19(23)18(14-22)12-17-8-9-20(21(13-17)24-2)25-15-16-6-4-3-5-7-16/h3-9,12-13H,10-11,14-15H2,1-2H3/b18-12+. The number of rotatable bonds is 5. The topological polar surface area (TPSA) is 38.8 Å². The molecule has 0 N–H and O–H groups in total. The molecule has 130 valence electrons. The predicted molar refractivity (Wildman–Crippen MR) is 98.9 cm³/mol. The molecule has 1 aliphatic rings. The maximum Gasteiger partial charge on any atom is 0.161 e. The highest BCUT2D eigenvalue weighted by molar-refractivity contribution is 6.00. The Balaban J connectivity index is 1.76. The van der Waals surface area contributed by atoms with E-state index in [-0.39, 0.29) is 5.78 Å². The van der Waals surface area contributed by atoms with Crippen LogP contribution in [0.5, 0.6) is 11.5 Å². The summed E-state index contributed by atoms with van der Waals surface area (Å²) >= 11 is 0. The van der Waals surface area contributed by atoms with Gasteiger partial charge in [-0.25, -0.2) is 0 Å². The van der Waals surface area contributed by atoms with Crippen molar-refractivity contribution < 1.29 is 14.3 Å². The number of likely N-dealkylation sites (N-methyl/N-ethyl adjacent to an activating group) is 1. The first-order chi connectivity index (χ1) is 12.2. The van der Waals surface area contributed by atoms with Gasteiger partial charge in [0.15, 0.2) is 17.3 Å². The van der Waals surface area contributed by atoms with Crippen molar-refractivity contribution in [1.29, 1.82) is 0 Å². The lowest BCUT2D eigenvalue weighted by Crippen LogP contribution is -2.32. The lowest BCUT2D eigenvalue weighted by Gasteiger charge is -2.23. The van der Waals surface area contributed by atoms with E-state index in [0.717, 1.165) is 23.2 Å². The summed E-state index contributed by atoms with van der Waals surface area (Å²) in [5.74, 6) is 1.59. The minimum atomic E-state index is 0.224. The van der Waals surface area contributed by atoms with Crippen LogP contribution in [-0.2, 0) is 11.4 Å². The van der Waals surface area contributed by atoms with Gasteiger partial charge in [-0.3, -0.25) is 4.79 Å². The van der Waals surface area contributed by atoms with Gasteiger partial charge in [0, 0.05) is 25.1 Å². The maximum absolute atomic E-state index is 12.1. The number of carbonyl (C=O) groups is 1. The summed E-state index contributed by atoms with van der Waals surface area (Å²) in [5, 5.41) is 0. The van der Waals surface area contributed by atoms with E-state index in [2.05, 4.69) is 4.90 Å². The number of piperidine rings is 1. The SMILES string of the molecule is COc1cc(/C=C2\CN(C)CCC2=O)ccc1OCc1ccccc1. The summed E-state index contributed by atoms with van der Waals surface area (Å²) < 4.78 is 11.3. The van der Waals surface area contributed by atoms with Crippen molar-refractivity contribution >= 4 is 11.9 Å². The molecule has 1 heterocycles. The number of Topliss-reactive ketones (excluding diaryl/α,β-unsaturated/α-hetero) is 1. The molecule has 0 saturated carbocycles. The normalized spacial score (nSPS) is 16.9. The smallest absolute Gasteiger partial charge is 0.161 e. The first-order valence-corrected chi connectivity index (χ1v) is 8.43. The van der Waals surface area contributed by atoms with Gasteiger partial charge in [-0.15, -0.1) is 0 Å². The van der Waals surface area contributed by atoms with Crippen LogP contribution in [0.15, 0.2) is 54.1 Å². The average Bonchev–Trinajstić information content (AvgIpc) is 2.64. The number of nitrogens with zero attached hydrogens (tertiary/aromatic N) is 1. The molecule has 0 aliphatic carbocycles. The Morgan fingerprint density at radius 1 is 1.12 bits per heavy atom. The summed E-state index contributed by atoms with van der Waals surface area (Å²) in [5.41, 5.74) is 2.89. The molecule has 1 fully saturated rings. The summed E-state index contributed by atoms with van der Waals surface area (Å²) in [6, 6.07) is 15.8. The first kappa shape index (κ1) is 17.2. The molecule has 0 bridgehead atoms. The van der Waals surface area contributed by atoms with Crippen LogP contribution in [-0.4, -0.2) is 37.9 Å². The van der Waals surface area contributed by atoms with E-state index in [0.29, 0.717) is 31.1 Å². The molecule has 25 heavy (non-hydrogen) atoms. The second-order valence-corrected chi connectivity index (χ2v) is 6.27. The third-order valence-corrected chi connectivity index (χ3v) is 4.28. The van der Waals surface area contributed by atoms with Crippen LogP contribution in [0.2, 0.25) is 0 Å². The van der Waals surface area contributed by atoms with E-state index in [9.17, 15) is 4.79 Å². The van der Waals surface area contributed by atoms with Gasteiger partial charge < -0.3 is 14.4 Å². The number of hydrogen-bond acceptors (Lipinski definition) is 4. The van der Waals surface area contributed by atoms with Gasteiger partial charge in [-0.1, -0.05) is 36.4 Å². The first-order valence-electron chi connectivity index (χ1n) is 8.43.